The Morgan fingerprint density at radius 1 is 0.412 bits per heavy atom. The lowest BCUT2D eigenvalue weighted by Gasteiger charge is -2.19. The van der Waals surface area contributed by atoms with Crippen molar-refractivity contribution in [3.05, 3.63) is 314 Å². The Hall–Kier alpha value is -8.32. The molecule has 0 radical (unpaired) electrons. The summed E-state index contributed by atoms with van der Waals surface area (Å²) in [6, 6.07) is 78.4. The first-order chi connectivity index (χ1) is 37.6. The van der Waals surface area contributed by atoms with E-state index in [1.54, 1.807) is 6.08 Å². The summed E-state index contributed by atoms with van der Waals surface area (Å²) in [6.07, 6.45) is 10.1. The van der Waals surface area contributed by atoms with Gasteiger partial charge in [-0.3, -0.25) is 0 Å². The minimum Gasteiger partial charge on any atom is -0.106 e. The first-order valence-corrected chi connectivity index (χ1v) is 27.3. The summed E-state index contributed by atoms with van der Waals surface area (Å²) in [7, 11) is 0. The minimum atomic E-state index is 0. The molecule has 0 heteroatoms. The van der Waals surface area contributed by atoms with Crippen molar-refractivity contribution >= 4 is 11.1 Å². The van der Waals surface area contributed by atoms with Gasteiger partial charge >= 0.3 is 0 Å². The van der Waals surface area contributed by atoms with Crippen molar-refractivity contribution in [1.29, 1.82) is 0 Å². The largest absolute Gasteiger partial charge is 0.106 e. The van der Waals surface area contributed by atoms with Crippen LogP contribution >= 0.6 is 0 Å². The molecule has 0 heterocycles. The van der Waals surface area contributed by atoms with Gasteiger partial charge < -0.3 is 0 Å². The molecule has 0 aliphatic heterocycles. The molecule has 0 saturated heterocycles. The van der Waals surface area contributed by atoms with Crippen LogP contribution in [-0.2, 0) is 19.3 Å². The van der Waals surface area contributed by atoms with E-state index in [-0.39, 0.29) is 22.3 Å². The zero-order valence-electron chi connectivity index (χ0n) is 47.9. The van der Waals surface area contributed by atoms with Crippen molar-refractivity contribution in [2.75, 3.05) is 0 Å². The third-order valence-electron chi connectivity index (χ3n) is 13.2. The SMILES string of the molecule is C.C.C.C=C.C=C(C)c1ccccc1.C=C/C(=C\C)c1ccc(-c2cccc(-c3cccc(CCC)c3)c2)cc1.C=CC.CC.Cc1ccccc1-c1ccc(-c2ccccc2C)c(CCc2ccc(-c3ccccc3)cc2)c1C. The van der Waals surface area contributed by atoms with Crippen LogP contribution in [-0.4, -0.2) is 0 Å². The third kappa shape index (κ3) is 20.5. The molecule has 0 N–H and O–H groups in total. The monoisotopic (exact) mass is 1060 g/mol. The molecule has 0 bridgehead atoms. The smallest absolute Gasteiger partial charge is 0.0146 e. The van der Waals surface area contributed by atoms with Gasteiger partial charge in [0.2, 0.25) is 0 Å². The maximum atomic E-state index is 3.89. The summed E-state index contributed by atoms with van der Waals surface area (Å²) in [5, 5.41) is 0. The first kappa shape index (κ1) is 69.7. The minimum absolute atomic E-state index is 0. The molecule has 0 saturated carbocycles. The van der Waals surface area contributed by atoms with Crippen molar-refractivity contribution in [2.24, 2.45) is 0 Å². The number of hydrogen-bond donors (Lipinski definition) is 0. The lowest BCUT2D eigenvalue weighted by atomic mass is 9.85. The predicted molar refractivity (Wildman–Crippen MR) is 366 cm³/mol. The highest BCUT2D eigenvalue weighted by Crippen LogP contribution is 2.37. The Morgan fingerprint density at radius 3 is 1.34 bits per heavy atom. The van der Waals surface area contributed by atoms with Gasteiger partial charge in [-0.25, -0.2) is 0 Å². The van der Waals surface area contributed by atoms with E-state index < -0.39 is 0 Å². The number of benzene rings is 9. The van der Waals surface area contributed by atoms with Crippen LogP contribution in [0.15, 0.2) is 270 Å². The normalized spacial score (nSPS) is 9.79. The Kier molecular flexibility index (Phi) is 33.4. The molecule has 0 nitrogen and oxygen atoms in total. The maximum Gasteiger partial charge on any atom is -0.0146 e. The molecular weight excluding hydrogens is 961 g/mol. The fourth-order valence-corrected chi connectivity index (χ4v) is 9.19. The van der Waals surface area contributed by atoms with Crippen LogP contribution in [0.2, 0.25) is 0 Å². The number of allylic oxidation sites excluding steroid dienone is 5. The van der Waals surface area contributed by atoms with Gasteiger partial charge in [-0.2, -0.15) is 0 Å². The average molecular weight is 1060 g/mol. The summed E-state index contributed by atoms with van der Waals surface area (Å²) in [5.41, 5.74) is 25.9. The number of aryl methyl sites for hydroxylation is 4. The molecule has 9 rings (SSSR count). The van der Waals surface area contributed by atoms with E-state index in [9.17, 15) is 0 Å². The van der Waals surface area contributed by atoms with Crippen molar-refractivity contribution < 1.29 is 0 Å². The van der Waals surface area contributed by atoms with E-state index in [4.69, 9.17) is 0 Å². The lowest BCUT2D eigenvalue weighted by Crippen LogP contribution is -2.01. The second-order valence-electron chi connectivity index (χ2n) is 18.6. The molecule has 9 aromatic rings. The molecule has 0 amide bonds. The van der Waals surface area contributed by atoms with Gasteiger partial charge in [0.25, 0.3) is 0 Å². The van der Waals surface area contributed by atoms with Gasteiger partial charge in [-0.1, -0.05) is 299 Å². The summed E-state index contributed by atoms with van der Waals surface area (Å²) in [5.74, 6) is 0. The second kappa shape index (κ2) is 38.3. The average Bonchev–Trinajstić information content (AvgIpc) is 3.48. The lowest BCUT2D eigenvalue weighted by molar-refractivity contribution is 0.922. The van der Waals surface area contributed by atoms with Crippen LogP contribution < -0.4 is 0 Å². The van der Waals surface area contributed by atoms with Crippen LogP contribution in [0.1, 0.15) is 115 Å². The summed E-state index contributed by atoms with van der Waals surface area (Å²) < 4.78 is 0. The van der Waals surface area contributed by atoms with Gasteiger partial charge in [-0.05, 0) is 173 Å². The Morgan fingerprint density at radius 2 is 0.838 bits per heavy atom. The standard InChI is InChI=1S/C35H32.C26H26.C9H10.C3H6.C2H6.C2H4.3CH4/c1-25-11-7-9-15-31(25)33-23-24-35(32-16-10-8-12-26(32)2)34(27(33)3)22-19-28-17-20-30(21-18-28)29-13-5-4-6-14-29;1-4-9-20-10-7-11-24(18-20)26-13-8-12-25(19-26)23-16-14-22(15-17-23)21(5-2)6-3;1-8(2)9-6-4-3-5-7-9;1-3-2;2*1-2;;;/h4-18,20-21,23-24H,19,22H2,1-3H3;5-8,10-19H,2,4,9H2,1,3H3;3-7H,1H2,2H3;3H,1H2,2H3;1-2H3;1-2H2;3*1H4/b;21-6+;;;;;;;. The van der Waals surface area contributed by atoms with Gasteiger partial charge in [0.15, 0.2) is 0 Å². The molecule has 0 fully saturated rings. The van der Waals surface area contributed by atoms with Gasteiger partial charge in [0, 0.05) is 0 Å². The van der Waals surface area contributed by atoms with Gasteiger partial charge in [0.05, 0.1) is 0 Å². The highest BCUT2D eigenvalue weighted by atomic mass is 14.2. The summed E-state index contributed by atoms with van der Waals surface area (Å²) in [4.78, 5) is 0. The van der Waals surface area contributed by atoms with Crippen LogP contribution in [0.4, 0.5) is 0 Å². The fraction of sp³-hybridized carbons (Fsp3) is 0.200. The molecule has 0 aliphatic rings. The highest BCUT2D eigenvalue weighted by molar-refractivity contribution is 5.80. The van der Waals surface area contributed by atoms with E-state index in [0.29, 0.717) is 0 Å². The zero-order chi connectivity index (χ0) is 56.0. The molecule has 9 aromatic carbocycles. The van der Waals surface area contributed by atoms with Crippen LogP contribution in [0.25, 0.3) is 66.8 Å². The van der Waals surface area contributed by atoms with E-state index >= 15 is 0 Å². The van der Waals surface area contributed by atoms with E-state index in [1.807, 2.05) is 58.9 Å². The Labute approximate surface area is 488 Å². The summed E-state index contributed by atoms with van der Waals surface area (Å²) in [6.45, 7) is 36.0. The molecule has 0 unspecified atom stereocenters. The Balaban J connectivity index is 0.000000625. The van der Waals surface area contributed by atoms with Crippen LogP contribution in [0.5, 0.6) is 0 Å². The quantitative estimate of drug-likeness (QED) is 0.0797. The van der Waals surface area contributed by atoms with Crippen molar-refractivity contribution in [3.8, 4) is 55.6 Å². The molecule has 0 aromatic heterocycles. The molecule has 0 spiro atoms. The van der Waals surface area contributed by atoms with E-state index in [1.165, 1.54) is 107 Å². The zero-order valence-corrected chi connectivity index (χ0v) is 47.9. The predicted octanol–water partition coefficient (Wildman–Crippen LogP) is 24.6. The fourth-order valence-electron chi connectivity index (χ4n) is 9.19. The number of hydrogen-bond acceptors (Lipinski definition) is 0. The number of rotatable bonds is 13. The molecule has 80 heavy (non-hydrogen) atoms. The van der Waals surface area contributed by atoms with Crippen LogP contribution in [0.3, 0.4) is 0 Å². The third-order valence-corrected chi connectivity index (χ3v) is 13.2. The van der Waals surface area contributed by atoms with E-state index in [0.717, 1.165) is 30.4 Å². The first-order valence-electron chi connectivity index (χ1n) is 27.3. The molecule has 416 valence electrons. The summed E-state index contributed by atoms with van der Waals surface area (Å²) >= 11 is 0. The molecule has 0 aliphatic carbocycles. The van der Waals surface area contributed by atoms with Crippen molar-refractivity contribution in [1.82, 2.24) is 0 Å². The Bertz CT molecular complexity index is 3220. The maximum absolute atomic E-state index is 3.89. The van der Waals surface area contributed by atoms with E-state index in [2.05, 4.69) is 267 Å². The molecule has 0 atom stereocenters. The van der Waals surface area contributed by atoms with Crippen molar-refractivity contribution in [3.63, 3.8) is 0 Å². The topological polar surface area (TPSA) is 0 Å². The molecular formula is C80H96. The highest BCUT2D eigenvalue weighted by Gasteiger charge is 2.16. The van der Waals surface area contributed by atoms with Crippen molar-refractivity contribution in [2.45, 2.75) is 110 Å². The van der Waals surface area contributed by atoms with Gasteiger partial charge in [-0.15, -0.1) is 19.7 Å². The van der Waals surface area contributed by atoms with Gasteiger partial charge in [0.1, 0.15) is 0 Å². The van der Waals surface area contributed by atoms with Crippen LogP contribution in [0, 0.1) is 20.8 Å². The second-order valence-corrected chi connectivity index (χ2v) is 18.6.